The number of carbonyl (C=O) groups excluding carboxylic acids is 2. The highest BCUT2D eigenvalue weighted by atomic mass is 16.5. The summed E-state index contributed by atoms with van der Waals surface area (Å²) in [7, 11) is 0. The van der Waals surface area contributed by atoms with Gasteiger partial charge in [0.25, 0.3) is 0 Å². The summed E-state index contributed by atoms with van der Waals surface area (Å²) < 4.78 is 5.64. The summed E-state index contributed by atoms with van der Waals surface area (Å²) in [6, 6.07) is 16.1. The molecule has 1 heterocycles. The van der Waals surface area contributed by atoms with Crippen molar-refractivity contribution in [3.63, 3.8) is 0 Å². The quantitative estimate of drug-likeness (QED) is 0.674. The Morgan fingerprint density at radius 3 is 2.18 bits per heavy atom. The molecule has 0 spiro atoms. The smallest absolute Gasteiger partial charge is 0.407 e. The molecule has 7 heteroatoms. The van der Waals surface area contributed by atoms with Gasteiger partial charge in [-0.15, -0.1) is 0 Å². The maximum Gasteiger partial charge on any atom is 0.407 e. The normalized spacial score (nSPS) is 19.1. The van der Waals surface area contributed by atoms with Crippen LogP contribution in [0.5, 0.6) is 0 Å². The molecule has 2 N–H and O–H groups in total. The van der Waals surface area contributed by atoms with Crippen molar-refractivity contribution in [2.45, 2.75) is 38.1 Å². The van der Waals surface area contributed by atoms with Gasteiger partial charge in [0.15, 0.2) is 0 Å². The van der Waals surface area contributed by atoms with Gasteiger partial charge in [-0.3, -0.25) is 9.59 Å². The highest BCUT2D eigenvalue weighted by Gasteiger charge is 2.48. The fourth-order valence-corrected chi connectivity index (χ4v) is 5.05. The molecule has 2 aromatic rings. The third-order valence-electron chi connectivity index (χ3n) is 7.18. The molecule has 0 radical (unpaired) electrons. The van der Waals surface area contributed by atoms with Crippen LogP contribution in [0.4, 0.5) is 4.79 Å². The largest absolute Gasteiger partial charge is 0.481 e. The highest BCUT2D eigenvalue weighted by Crippen LogP contribution is 2.44. The van der Waals surface area contributed by atoms with E-state index in [1.807, 2.05) is 24.3 Å². The lowest BCUT2D eigenvalue weighted by Crippen LogP contribution is -2.61. The number of aliphatic carboxylic acids is 1. The molecule has 2 amide bonds. The van der Waals surface area contributed by atoms with Gasteiger partial charge in [0.1, 0.15) is 6.61 Å². The first kappa shape index (κ1) is 21.5. The Morgan fingerprint density at radius 1 is 1.06 bits per heavy atom. The van der Waals surface area contributed by atoms with Crippen molar-refractivity contribution in [1.82, 2.24) is 10.2 Å². The number of carbonyl (C=O) groups is 3. The van der Waals surface area contributed by atoms with Gasteiger partial charge in [0.2, 0.25) is 5.91 Å². The van der Waals surface area contributed by atoms with Crippen molar-refractivity contribution >= 4 is 18.0 Å². The van der Waals surface area contributed by atoms with Gasteiger partial charge in [-0.25, -0.2) is 4.79 Å². The number of nitrogens with one attached hydrogen (secondary N) is 1. The molecule has 2 aliphatic carbocycles. The van der Waals surface area contributed by atoms with Crippen molar-refractivity contribution in [3.05, 3.63) is 59.7 Å². The van der Waals surface area contributed by atoms with Crippen LogP contribution in [0.15, 0.2) is 48.5 Å². The van der Waals surface area contributed by atoms with Gasteiger partial charge >= 0.3 is 12.1 Å². The van der Waals surface area contributed by atoms with E-state index in [4.69, 9.17) is 4.74 Å². The molecule has 2 fully saturated rings. The number of carboxylic acids is 1. The summed E-state index contributed by atoms with van der Waals surface area (Å²) in [6.45, 7) is 2.30. The van der Waals surface area contributed by atoms with Crippen molar-refractivity contribution in [2.75, 3.05) is 19.7 Å². The number of fused-ring (bicyclic) bond motifs is 3. The minimum atomic E-state index is -0.887. The number of benzene rings is 2. The van der Waals surface area contributed by atoms with E-state index in [2.05, 4.69) is 29.6 Å². The molecule has 1 saturated carbocycles. The van der Waals surface area contributed by atoms with Crippen LogP contribution in [-0.4, -0.2) is 53.7 Å². The predicted molar refractivity (Wildman–Crippen MR) is 122 cm³/mol. The van der Waals surface area contributed by atoms with Gasteiger partial charge in [-0.2, -0.15) is 0 Å². The molecule has 172 valence electrons. The molecule has 1 unspecified atom stereocenters. The first-order valence-corrected chi connectivity index (χ1v) is 11.5. The zero-order valence-corrected chi connectivity index (χ0v) is 18.6. The minimum Gasteiger partial charge on any atom is -0.481 e. The number of rotatable bonds is 7. The molecule has 0 bridgehead atoms. The third-order valence-corrected chi connectivity index (χ3v) is 7.18. The van der Waals surface area contributed by atoms with Crippen LogP contribution in [0, 0.1) is 11.3 Å². The minimum absolute atomic E-state index is 0.0149. The van der Waals surface area contributed by atoms with Gasteiger partial charge in [-0.05, 0) is 47.9 Å². The predicted octanol–water partition coefficient (Wildman–Crippen LogP) is 3.63. The lowest BCUT2D eigenvalue weighted by molar-refractivity contribution is -0.164. The second-order valence-electron chi connectivity index (χ2n) is 9.73. The standard InChI is InChI=1S/C26H28N2O5/c1-26(24(30)31)14-28(15-26)23(29)12-22(16-10-11-16)27-25(32)33-13-21-19-8-4-2-6-17(19)18-7-3-5-9-20(18)21/h2-9,16,21-22H,10-15H2,1H3,(H,27,32)(H,30,31). The summed E-state index contributed by atoms with van der Waals surface area (Å²) in [5.41, 5.74) is 3.78. The molecule has 3 aliphatic rings. The monoisotopic (exact) mass is 448 g/mol. The topological polar surface area (TPSA) is 95.9 Å². The number of hydrogen-bond donors (Lipinski definition) is 2. The van der Waals surface area contributed by atoms with E-state index in [1.54, 1.807) is 11.8 Å². The first-order valence-electron chi connectivity index (χ1n) is 11.5. The average molecular weight is 449 g/mol. The van der Waals surface area contributed by atoms with E-state index in [9.17, 15) is 19.5 Å². The first-order chi connectivity index (χ1) is 15.9. The SMILES string of the molecule is CC1(C(=O)O)CN(C(=O)CC(NC(=O)OCC2c3ccccc3-c3ccccc32)C2CC2)C1. The van der Waals surface area contributed by atoms with Gasteiger partial charge in [0.05, 0.1) is 5.41 Å². The van der Waals surface area contributed by atoms with E-state index in [0.29, 0.717) is 0 Å². The molecule has 5 rings (SSSR count). The second kappa shape index (κ2) is 8.21. The molecular weight excluding hydrogens is 420 g/mol. The second-order valence-corrected chi connectivity index (χ2v) is 9.73. The summed E-state index contributed by atoms with van der Waals surface area (Å²) in [4.78, 5) is 38.1. The Hall–Kier alpha value is -3.35. The Bertz CT molecular complexity index is 1060. The number of hydrogen-bond acceptors (Lipinski definition) is 4. The Morgan fingerprint density at radius 2 is 1.64 bits per heavy atom. The summed E-state index contributed by atoms with van der Waals surface area (Å²) in [5.74, 6) is -0.757. The summed E-state index contributed by atoms with van der Waals surface area (Å²) in [6.07, 6.45) is 1.59. The highest BCUT2D eigenvalue weighted by molar-refractivity contribution is 5.84. The van der Waals surface area contributed by atoms with Crippen molar-refractivity contribution in [3.8, 4) is 11.1 Å². The number of nitrogens with zero attached hydrogens (tertiary/aromatic N) is 1. The van der Waals surface area contributed by atoms with E-state index in [0.717, 1.165) is 24.0 Å². The van der Waals surface area contributed by atoms with Crippen LogP contribution >= 0.6 is 0 Å². The van der Waals surface area contributed by atoms with Crippen LogP contribution in [-0.2, 0) is 14.3 Å². The van der Waals surface area contributed by atoms with Crippen LogP contribution in [0.1, 0.15) is 43.2 Å². The number of likely N-dealkylation sites (tertiary alicyclic amines) is 1. The number of carboxylic acid groups (broad SMARTS) is 1. The maximum absolute atomic E-state index is 12.7. The average Bonchev–Trinajstić information content (AvgIpc) is 3.58. The van der Waals surface area contributed by atoms with E-state index < -0.39 is 17.5 Å². The number of amides is 2. The zero-order chi connectivity index (χ0) is 23.2. The molecule has 7 nitrogen and oxygen atoms in total. The van der Waals surface area contributed by atoms with Crippen molar-refractivity contribution in [2.24, 2.45) is 11.3 Å². The number of ether oxygens (including phenoxy) is 1. The van der Waals surface area contributed by atoms with Gasteiger partial charge in [0, 0.05) is 31.5 Å². The van der Waals surface area contributed by atoms with Crippen LogP contribution in [0.25, 0.3) is 11.1 Å². The third kappa shape index (κ3) is 4.08. The van der Waals surface area contributed by atoms with Crippen molar-refractivity contribution in [1.29, 1.82) is 0 Å². The van der Waals surface area contributed by atoms with Crippen LogP contribution in [0.2, 0.25) is 0 Å². The van der Waals surface area contributed by atoms with Crippen LogP contribution < -0.4 is 5.32 Å². The molecule has 1 saturated heterocycles. The van der Waals surface area contributed by atoms with E-state index >= 15 is 0 Å². The van der Waals surface area contributed by atoms with Gasteiger partial charge in [-0.1, -0.05) is 48.5 Å². The lowest BCUT2D eigenvalue weighted by atomic mass is 9.81. The lowest BCUT2D eigenvalue weighted by Gasteiger charge is -2.45. The Kier molecular flexibility index (Phi) is 5.35. The summed E-state index contributed by atoms with van der Waals surface area (Å²) >= 11 is 0. The number of alkyl carbamates (subject to hydrolysis) is 1. The van der Waals surface area contributed by atoms with Crippen molar-refractivity contribution < 1.29 is 24.2 Å². The molecule has 1 aliphatic heterocycles. The zero-order valence-electron chi connectivity index (χ0n) is 18.6. The Labute approximate surface area is 192 Å². The molecule has 1 atom stereocenters. The fraction of sp³-hybridized carbons (Fsp3) is 0.423. The Balaban J connectivity index is 1.18. The molecule has 2 aromatic carbocycles. The maximum atomic E-state index is 12.7. The molecule has 0 aromatic heterocycles. The van der Waals surface area contributed by atoms with E-state index in [-0.39, 0.29) is 49.9 Å². The summed E-state index contributed by atoms with van der Waals surface area (Å²) in [5, 5.41) is 12.2. The fourth-order valence-electron chi connectivity index (χ4n) is 5.05. The van der Waals surface area contributed by atoms with Crippen LogP contribution in [0.3, 0.4) is 0 Å². The van der Waals surface area contributed by atoms with Gasteiger partial charge < -0.3 is 20.1 Å². The van der Waals surface area contributed by atoms with E-state index in [1.165, 1.54) is 11.1 Å². The molecular formula is C26H28N2O5. The molecule has 33 heavy (non-hydrogen) atoms.